The second-order valence-electron chi connectivity index (χ2n) is 11.7. The Balaban J connectivity index is 1.66. The third kappa shape index (κ3) is 4.96. The Bertz CT molecular complexity index is 698. The average molecular weight is 432 g/mol. The van der Waals surface area contributed by atoms with Crippen LogP contribution in [0.4, 0.5) is 0 Å². The summed E-state index contributed by atoms with van der Waals surface area (Å²) in [7, 11) is -0.0928. The van der Waals surface area contributed by atoms with Crippen molar-refractivity contribution in [3.63, 3.8) is 0 Å². The highest BCUT2D eigenvalue weighted by atomic mass is 28.4. The van der Waals surface area contributed by atoms with Crippen molar-refractivity contribution in [2.24, 2.45) is 28.3 Å². The largest absolute Gasteiger partial charge is 0.414 e. The van der Waals surface area contributed by atoms with Gasteiger partial charge in [0.1, 0.15) is 7.11 Å². The number of hydrogen-bond donors (Lipinski definition) is 0. The van der Waals surface area contributed by atoms with Crippen molar-refractivity contribution in [1.29, 1.82) is 0 Å². The highest BCUT2D eigenvalue weighted by Gasteiger charge is 2.51. The molecular formula is C26H45NO2Si. The smallest absolute Gasteiger partial charge is 0.192 e. The minimum absolute atomic E-state index is 0.275. The first-order chi connectivity index (χ1) is 14.0. The molecule has 30 heavy (non-hydrogen) atoms. The zero-order chi connectivity index (χ0) is 22.2. The van der Waals surface area contributed by atoms with Gasteiger partial charge in [-0.25, -0.2) is 0 Å². The van der Waals surface area contributed by atoms with Crippen molar-refractivity contribution >= 4 is 14.0 Å². The van der Waals surface area contributed by atoms with E-state index in [1.165, 1.54) is 38.5 Å². The van der Waals surface area contributed by atoms with Crippen molar-refractivity contribution in [3.05, 3.63) is 23.8 Å². The minimum atomic E-state index is -1.74. The molecule has 2 fully saturated rings. The summed E-state index contributed by atoms with van der Waals surface area (Å²) >= 11 is 0. The molecule has 0 radical (unpaired) electrons. The Kier molecular flexibility index (Phi) is 7.08. The quantitative estimate of drug-likeness (QED) is 0.172. The summed E-state index contributed by atoms with van der Waals surface area (Å²) < 4.78 is 6.99. The van der Waals surface area contributed by atoms with Gasteiger partial charge in [-0.3, -0.25) is 0 Å². The molecule has 0 aromatic carbocycles. The second kappa shape index (κ2) is 8.94. The molecular weight excluding hydrogens is 386 g/mol. The van der Waals surface area contributed by atoms with E-state index < -0.39 is 8.32 Å². The minimum Gasteiger partial charge on any atom is -0.414 e. The molecule has 3 aliphatic rings. The lowest BCUT2D eigenvalue weighted by Crippen LogP contribution is -2.49. The molecule has 0 heterocycles. The maximum absolute atomic E-state index is 6.99. The summed E-state index contributed by atoms with van der Waals surface area (Å²) in [6.07, 6.45) is 16.1. The van der Waals surface area contributed by atoms with E-state index >= 15 is 0 Å². The van der Waals surface area contributed by atoms with E-state index in [1.54, 1.807) is 12.7 Å². The summed E-state index contributed by atoms with van der Waals surface area (Å²) in [5.41, 5.74) is 3.10. The molecule has 1 unspecified atom stereocenters. The fourth-order valence-electron chi connectivity index (χ4n) is 5.43. The predicted molar refractivity (Wildman–Crippen MR) is 130 cm³/mol. The molecule has 0 bridgehead atoms. The molecule has 3 nitrogen and oxygen atoms in total. The van der Waals surface area contributed by atoms with Crippen molar-refractivity contribution in [3.8, 4) is 0 Å². The number of oxime groups is 1. The predicted octanol–water partition coefficient (Wildman–Crippen LogP) is 7.51. The van der Waals surface area contributed by atoms with Gasteiger partial charge in [-0.1, -0.05) is 63.9 Å². The van der Waals surface area contributed by atoms with E-state index in [-0.39, 0.29) is 5.04 Å². The van der Waals surface area contributed by atoms with Crippen molar-refractivity contribution < 1.29 is 9.26 Å². The summed E-state index contributed by atoms with van der Waals surface area (Å²) in [6.45, 7) is 16.8. The van der Waals surface area contributed by atoms with Crippen molar-refractivity contribution in [1.82, 2.24) is 0 Å². The molecule has 0 aromatic heterocycles. The molecule has 3 rings (SSSR count). The number of rotatable bonds is 8. The van der Waals surface area contributed by atoms with Crippen LogP contribution >= 0.6 is 0 Å². The van der Waals surface area contributed by atoms with Crippen LogP contribution in [0.3, 0.4) is 0 Å². The van der Waals surface area contributed by atoms with Crippen LogP contribution in [0.5, 0.6) is 0 Å². The van der Waals surface area contributed by atoms with Gasteiger partial charge in [-0.15, -0.1) is 0 Å². The first-order valence-electron chi connectivity index (χ1n) is 12.2. The van der Waals surface area contributed by atoms with Crippen LogP contribution < -0.4 is 0 Å². The maximum atomic E-state index is 6.99. The van der Waals surface area contributed by atoms with E-state index in [0.29, 0.717) is 29.3 Å². The number of hydrogen-bond acceptors (Lipinski definition) is 3. The van der Waals surface area contributed by atoms with E-state index in [1.807, 2.05) is 0 Å². The van der Waals surface area contributed by atoms with Crippen LogP contribution in [-0.4, -0.2) is 27.2 Å². The highest BCUT2D eigenvalue weighted by Crippen LogP contribution is 2.56. The van der Waals surface area contributed by atoms with Crippen molar-refractivity contribution in [2.45, 2.75) is 104 Å². The fraction of sp³-hybridized carbons (Fsp3) is 0.808. The van der Waals surface area contributed by atoms with Gasteiger partial charge < -0.3 is 9.26 Å². The lowest BCUT2D eigenvalue weighted by molar-refractivity contribution is 0.0162. The second-order valence-corrected chi connectivity index (χ2v) is 16.5. The molecule has 0 aromatic rings. The fourth-order valence-corrected chi connectivity index (χ4v) is 6.82. The van der Waals surface area contributed by atoms with Crippen LogP contribution in [0.2, 0.25) is 18.1 Å². The van der Waals surface area contributed by atoms with E-state index in [0.717, 1.165) is 12.1 Å². The van der Waals surface area contributed by atoms with Crippen LogP contribution in [0.15, 0.2) is 29.0 Å². The molecule has 170 valence electrons. The number of fused-ring (bicyclic) bond motifs is 1. The van der Waals surface area contributed by atoms with Gasteiger partial charge in [0.05, 0.1) is 5.71 Å². The zero-order valence-electron chi connectivity index (χ0n) is 20.8. The van der Waals surface area contributed by atoms with Gasteiger partial charge in [-0.05, 0) is 80.0 Å². The Morgan fingerprint density at radius 1 is 1.30 bits per heavy atom. The zero-order valence-corrected chi connectivity index (χ0v) is 21.8. The molecule has 0 N–H and O–H groups in total. The molecule has 4 atom stereocenters. The van der Waals surface area contributed by atoms with Gasteiger partial charge >= 0.3 is 0 Å². The summed E-state index contributed by atoms with van der Waals surface area (Å²) in [4.78, 5) is 5.04. The van der Waals surface area contributed by atoms with Gasteiger partial charge in [0.25, 0.3) is 0 Å². The monoisotopic (exact) mass is 431 g/mol. The molecule has 2 saturated carbocycles. The average Bonchev–Trinajstić information content (AvgIpc) is 3.41. The Morgan fingerprint density at radius 3 is 2.60 bits per heavy atom. The molecule has 0 amide bonds. The first kappa shape index (κ1) is 23.8. The SMILES string of the molecule is CO/N=C(\C=C\C[C@@H](C)C1=CC[C@H]2C(O[Si](C)(C)C(C)(C)C)CCC[C@]12C)C1CC1. The van der Waals surface area contributed by atoms with Crippen LogP contribution in [0.25, 0.3) is 0 Å². The van der Waals surface area contributed by atoms with Crippen LogP contribution in [0.1, 0.15) is 79.6 Å². The molecule has 0 spiro atoms. The molecule has 0 aliphatic heterocycles. The third-order valence-corrected chi connectivity index (χ3v) is 13.0. The normalized spacial score (nSPS) is 31.6. The van der Waals surface area contributed by atoms with E-state index in [4.69, 9.17) is 9.26 Å². The van der Waals surface area contributed by atoms with E-state index in [9.17, 15) is 0 Å². The van der Waals surface area contributed by atoms with Crippen LogP contribution in [-0.2, 0) is 9.26 Å². The topological polar surface area (TPSA) is 30.8 Å². The van der Waals surface area contributed by atoms with Gasteiger partial charge in [0.2, 0.25) is 0 Å². The summed E-state index contributed by atoms with van der Waals surface area (Å²) in [6, 6.07) is 0. The summed E-state index contributed by atoms with van der Waals surface area (Å²) in [5.74, 6) is 1.85. The van der Waals surface area contributed by atoms with Crippen LogP contribution in [0, 0.1) is 23.2 Å². The third-order valence-electron chi connectivity index (χ3n) is 8.46. The Hall–Kier alpha value is -0.873. The summed E-state index contributed by atoms with van der Waals surface area (Å²) in [5, 5.41) is 4.50. The lowest BCUT2D eigenvalue weighted by Gasteiger charge is -2.49. The van der Waals surface area contributed by atoms with Gasteiger partial charge in [0.15, 0.2) is 8.32 Å². The standard InChI is InChI=1S/C26H45NO2Si/c1-19(11-9-12-23(27-28-6)20-14-15-20)21-16-17-22-24(13-10-18-26(21,22)5)29-30(7,8)25(2,3)4/h9,12,16,19-20,22,24H,10-11,13-15,17-18H2,1-8H3/b12-9+,27-23+/t19-,22+,24?,26-/m1/s1. The molecule has 4 heteroatoms. The van der Waals surface area contributed by atoms with Gasteiger partial charge in [-0.2, -0.15) is 0 Å². The maximum Gasteiger partial charge on any atom is 0.192 e. The number of allylic oxidation sites excluding steroid dienone is 4. The highest BCUT2D eigenvalue weighted by molar-refractivity contribution is 6.74. The molecule has 3 aliphatic carbocycles. The van der Waals surface area contributed by atoms with E-state index in [2.05, 4.69) is 71.1 Å². The Labute approximate surface area is 186 Å². The molecule has 0 saturated heterocycles. The number of nitrogens with zero attached hydrogens (tertiary/aromatic N) is 1. The Morgan fingerprint density at radius 2 is 2.00 bits per heavy atom. The van der Waals surface area contributed by atoms with Gasteiger partial charge in [0, 0.05) is 12.0 Å². The first-order valence-corrected chi connectivity index (χ1v) is 15.1. The lowest BCUT2D eigenvalue weighted by atomic mass is 9.63. The van der Waals surface area contributed by atoms with Crippen molar-refractivity contribution in [2.75, 3.05) is 7.11 Å².